The van der Waals surface area contributed by atoms with Gasteiger partial charge in [0.25, 0.3) is 0 Å². The van der Waals surface area contributed by atoms with Crippen molar-refractivity contribution in [1.82, 2.24) is 4.90 Å². The molecule has 0 saturated carbocycles. The first-order chi connectivity index (χ1) is 17.1. The number of aryl methyl sites for hydroxylation is 1. The van der Waals surface area contributed by atoms with E-state index in [2.05, 4.69) is 4.90 Å². The molecule has 1 heterocycles. The zero-order valence-electron chi connectivity index (χ0n) is 19.9. The molecule has 3 aromatic carbocycles. The third kappa shape index (κ3) is 5.25. The number of ether oxygens (including phenoxy) is 1. The van der Waals surface area contributed by atoms with E-state index in [1.165, 1.54) is 19.3 Å². The van der Waals surface area contributed by atoms with Crippen LogP contribution in [0.25, 0.3) is 11.1 Å². The number of piperidine rings is 1. The molecule has 1 aliphatic heterocycles. The molecule has 2 N–H and O–H groups in total. The monoisotopic (exact) mass is 469 g/mol. The van der Waals surface area contributed by atoms with E-state index in [1.54, 1.807) is 30.3 Å². The lowest BCUT2D eigenvalue weighted by Gasteiger charge is -2.26. The first-order valence-electron chi connectivity index (χ1n) is 12.4. The number of hydrogen-bond acceptors (Lipinski definition) is 5. The number of phenolic OH excluding ortho intramolecular Hbond substituents is 2. The predicted octanol–water partition coefficient (Wildman–Crippen LogP) is 5.70. The van der Waals surface area contributed by atoms with E-state index in [0.717, 1.165) is 54.1 Å². The Kier molecular flexibility index (Phi) is 6.87. The fraction of sp³-hybridized carbons (Fsp3) is 0.300. The molecule has 0 aromatic heterocycles. The fourth-order valence-electron chi connectivity index (χ4n) is 5.14. The van der Waals surface area contributed by atoms with Gasteiger partial charge in [0.2, 0.25) is 0 Å². The van der Waals surface area contributed by atoms with Crippen LogP contribution >= 0.6 is 0 Å². The number of carbonyl (C=O) groups is 1. The summed E-state index contributed by atoms with van der Waals surface area (Å²) in [6.45, 7) is 3.85. The minimum Gasteiger partial charge on any atom is -0.508 e. The highest BCUT2D eigenvalue weighted by molar-refractivity contribution is 6.35. The first kappa shape index (κ1) is 23.2. The van der Waals surface area contributed by atoms with Gasteiger partial charge in [0.05, 0.1) is 0 Å². The minimum atomic E-state index is -0.0742. The van der Waals surface area contributed by atoms with Crippen molar-refractivity contribution in [2.75, 3.05) is 26.2 Å². The molecule has 1 saturated heterocycles. The van der Waals surface area contributed by atoms with E-state index in [0.29, 0.717) is 24.2 Å². The van der Waals surface area contributed by atoms with E-state index in [4.69, 9.17) is 4.74 Å². The average molecular weight is 470 g/mol. The second kappa shape index (κ2) is 10.4. The molecule has 0 atom stereocenters. The van der Waals surface area contributed by atoms with Crippen LogP contribution in [0.1, 0.15) is 52.7 Å². The van der Waals surface area contributed by atoms with Gasteiger partial charge >= 0.3 is 0 Å². The lowest BCUT2D eigenvalue weighted by molar-refractivity contribution is 0.105. The molecular formula is C30H31NO4. The number of aromatic hydroxyl groups is 2. The van der Waals surface area contributed by atoms with Crippen LogP contribution in [0, 0.1) is 0 Å². The lowest BCUT2D eigenvalue weighted by Crippen LogP contribution is -2.33. The zero-order valence-corrected chi connectivity index (χ0v) is 19.9. The molecule has 1 aliphatic carbocycles. The predicted molar refractivity (Wildman–Crippen MR) is 138 cm³/mol. The second-order valence-electron chi connectivity index (χ2n) is 9.35. The summed E-state index contributed by atoms with van der Waals surface area (Å²) in [7, 11) is 0. The number of nitrogens with zero attached hydrogens (tertiary/aromatic N) is 1. The molecule has 0 bridgehead atoms. The van der Waals surface area contributed by atoms with Crippen molar-refractivity contribution < 1.29 is 19.7 Å². The third-order valence-corrected chi connectivity index (χ3v) is 6.97. The molecule has 180 valence electrons. The Bertz CT molecular complexity index is 1240. The largest absolute Gasteiger partial charge is 0.508 e. The number of fused-ring (bicyclic) bond motifs is 1. The van der Waals surface area contributed by atoms with E-state index < -0.39 is 0 Å². The van der Waals surface area contributed by atoms with Gasteiger partial charge in [-0.3, -0.25) is 9.69 Å². The molecule has 2 aliphatic rings. The van der Waals surface area contributed by atoms with Gasteiger partial charge in [0, 0.05) is 17.7 Å². The summed E-state index contributed by atoms with van der Waals surface area (Å²) < 4.78 is 5.94. The maximum atomic E-state index is 13.8. The first-order valence-corrected chi connectivity index (χ1v) is 12.4. The van der Waals surface area contributed by atoms with E-state index in [-0.39, 0.29) is 17.3 Å². The van der Waals surface area contributed by atoms with E-state index in [9.17, 15) is 15.0 Å². The van der Waals surface area contributed by atoms with Gasteiger partial charge in [0.15, 0.2) is 5.78 Å². The van der Waals surface area contributed by atoms with E-state index >= 15 is 0 Å². The molecule has 5 heteroatoms. The van der Waals surface area contributed by atoms with Crippen molar-refractivity contribution in [2.45, 2.75) is 32.1 Å². The molecule has 0 amide bonds. The number of carbonyl (C=O) groups excluding carboxylic acids is 1. The number of rotatable bonds is 7. The SMILES string of the molecule is O=C(C1=C(c2cccc(O)c2)CCc2cc(O)ccc21)c1ccc(OCCN2CCCCC2)cc1. The summed E-state index contributed by atoms with van der Waals surface area (Å²) in [6.07, 6.45) is 5.22. The summed E-state index contributed by atoms with van der Waals surface area (Å²) in [4.78, 5) is 16.3. The molecule has 0 radical (unpaired) electrons. The fourth-order valence-corrected chi connectivity index (χ4v) is 5.14. The van der Waals surface area contributed by atoms with E-state index in [1.807, 2.05) is 36.4 Å². The van der Waals surface area contributed by atoms with Crippen molar-refractivity contribution in [3.63, 3.8) is 0 Å². The topological polar surface area (TPSA) is 70.0 Å². The lowest BCUT2D eigenvalue weighted by atomic mass is 9.79. The molecular weight excluding hydrogens is 438 g/mol. The molecule has 0 spiro atoms. The van der Waals surface area contributed by atoms with Gasteiger partial charge in [-0.1, -0.05) is 24.6 Å². The smallest absolute Gasteiger partial charge is 0.193 e. The van der Waals surface area contributed by atoms with Crippen LogP contribution in [-0.2, 0) is 6.42 Å². The number of benzene rings is 3. The van der Waals surface area contributed by atoms with Crippen LogP contribution in [0.5, 0.6) is 17.2 Å². The Morgan fingerprint density at radius 2 is 1.63 bits per heavy atom. The number of ketones is 1. The van der Waals surface area contributed by atoms with Crippen LogP contribution in [0.4, 0.5) is 0 Å². The highest BCUT2D eigenvalue weighted by Gasteiger charge is 2.26. The summed E-state index contributed by atoms with van der Waals surface area (Å²) >= 11 is 0. The Balaban J connectivity index is 1.40. The molecule has 5 nitrogen and oxygen atoms in total. The molecule has 5 rings (SSSR count). The maximum absolute atomic E-state index is 13.8. The number of likely N-dealkylation sites (tertiary alicyclic amines) is 1. The number of phenols is 2. The highest BCUT2D eigenvalue weighted by atomic mass is 16.5. The van der Waals surface area contributed by atoms with Crippen LogP contribution in [-0.4, -0.2) is 47.1 Å². The molecule has 35 heavy (non-hydrogen) atoms. The summed E-state index contributed by atoms with van der Waals surface area (Å²) in [5, 5.41) is 20.0. The Morgan fingerprint density at radius 3 is 2.40 bits per heavy atom. The van der Waals surface area contributed by atoms with Crippen molar-refractivity contribution in [2.24, 2.45) is 0 Å². The Morgan fingerprint density at radius 1 is 0.857 bits per heavy atom. The second-order valence-corrected chi connectivity index (χ2v) is 9.35. The van der Waals surface area contributed by atoms with Crippen LogP contribution < -0.4 is 4.74 Å². The highest BCUT2D eigenvalue weighted by Crippen LogP contribution is 2.40. The van der Waals surface area contributed by atoms with Crippen molar-refractivity contribution in [3.05, 3.63) is 89.0 Å². The van der Waals surface area contributed by atoms with Gasteiger partial charge < -0.3 is 14.9 Å². The van der Waals surface area contributed by atoms with Gasteiger partial charge in [-0.2, -0.15) is 0 Å². The van der Waals surface area contributed by atoms with Crippen molar-refractivity contribution in [3.8, 4) is 17.2 Å². The zero-order chi connectivity index (χ0) is 24.2. The van der Waals surface area contributed by atoms with Gasteiger partial charge in [-0.25, -0.2) is 0 Å². The Hall–Kier alpha value is -3.57. The van der Waals surface area contributed by atoms with Crippen LogP contribution in [0.2, 0.25) is 0 Å². The third-order valence-electron chi connectivity index (χ3n) is 6.97. The molecule has 1 fully saturated rings. The summed E-state index contributed by atoms with van der Waals surface area (Å²) in [5.74, 6) is 1.05. The summed E-state index contributed by atoms with van der Waals surface area (Å²) in [6, 6.07) is 19.6. The standard InChI is InChI=1S/C30H31NO4/c32-24-6-4-5-22(19-24)27-13-9-23-20-25(33)10-14-28(23)29(27)30(34)21-7-11-26(12-8-21)35-18-17-31-15-2-1-3-16-31/h4-8,10-12,14,19-20,32-33H,1-3,9,13,15-18H2. The Labute approximate surface area is 206 Å². The quantitative estimate of drug-likeness (QED) is 0.434. The maximum Gasteiger partial charge on any atom is 0.193 e. The van der Waals surface area contributed by atoms with Gasteiger partial charge in [-0.15, -0.1) is 0 Å². The molecule has 3 aromatic rings. The number of allylic oxidation sites excluding steroid dienone is 2. The van der Waals surface area contributed by atoms with Gasteiger partial charge in [0.1, 0.15) is 23.9 Å². The van der Waals surface area contributed by atoms with Crippen LogP contribution in [0.15, 0.2) is 66.7 Å². The van der Waals surface area contributed by atoms with Crippen molar-refractivity contribution in [1.29, 1.82) is 0 Å². The minimum absolute atomic E-state index is 0.0742. The normalized spacial score (nSPS) is 16.1. The van der Waals surface area contributed by atoms with Crippen molar-refractivity contribution >= 4 is 16.9 Å². The number of hydrogen-bond donors (Lipinski definition) is 2. The van der Waals surface area contributed by atoms with Gasteiger partial charge in [-0.05, 0) is 110 Å². The summed E-state index contributed by atoms with van der Waals surface area (Å²) in [5.41, 5.74) is 4.74. The number of Topliss-reactive ketones (excluding diaryl/α,β-unsaturated/α-hetero) is 1. The average Bonchev–Trinajstić information content (AvgIpc) is 2.88. The van der Waals surface area contributed by atoms with Crippen LogP contribution in [0.3, 0.4) is 0 Å². The molecule has 0 unspecified atom stereocenters.